The van der Waals surface area contributed by atoms with Crippen molar-refractivity contribution < 1.29 is 4.39 Å². The molecule has 1 saturated heterocycles. The lowest BCUT2D eigenvalue weighted by atomic mass is 9.87. The van der Waals surface area contributed by atoms with E-state index in [1.807, 2.05) is 6.07 Å². The molecule has 0 aromatic heterocycles. The van der Waals surface area contributed by atoms with Gasteiger partial charge in [0.15, 0.2) is 0 Å². The van der Waals surface area contributed by atoms with Crippen molar-refractivity contribution in [2.75, 3.05) is 13.1 Å². The quantitative estimate of drug-likeness (QED) is 0.886. The molecule has 0 aliphatic carbocycles. The molecule has 1 N–H and O–H groups in total. The lowest BCUT2D eigenvalue weighted by Gasteiger charge is -2.47. The molecular weight excluding hydrogens is 263 g/mol. The second-order valence-corrected chi connectivity index (χ2v) is 6.41. The molecule has 21 heavy (non-hydrogen) atoms. The number of nitrogens with one attached hydrogen (secondary N) is 1. The molecular formula is C18H29FN2. The second kappa shape index (κ2) is 6.89. The summed E-state index contributed by atoms with van der Waals surface area (Å²) in [6.07, 6.45) is 3.40. The highest BCUT2D eigenvalue weighted by Gasteiger charge is 2.36. The third-order valence-corrected chi connectivity index (χ3v) is 5.24. The van der Waals surface area contributed by atoms with Crippen LogP contribution in [0, 0.1) is 12.7 Å². The normalized spacial score (nSPS) is 22.4. The monoisotopic (exact) mass is 292 g/mol. The van der Waals surface area contributed by atoms with Crippen LogP contribution < -0.4 is 5.32 Å². The molecule has 1 unspecified atom stereocenters. The van der Waals surface area contributed by atoms with Crippen molar-refractivity contribution in [1.29, 1.82) is 0 Å². The summed E-state index contributed by atoms with van der Waals surface area (Å²) in [5, 5.41) is 3.76. The van der Waals surface area contributed by atoms with Crippen LogP contribution in [0.3, 0.4) is 0 Å². The van der Waals surface area contributed by atoms with E-state index in [9.17, 15) is 4.39 Å². The van der Waals surface area contributed by atoms with Gasteiger partial charge in [0.2, 0.25) is 0 Å². The van der Waals surface area contributed by atoms with E-state index in [2.05, 4.69) is 37.9 Å². The number of halogens is 1. The van der Waals surface area contributed by atoms with Crippen LogP contribution in [0.2, 0.25) is 0 Å². The van der Waals surface area contributed by atoms with Gasteiger partial charge in [-0.05, 0) is 49.4 Å². The maximum atomic E-state index is 13.5. The maximum absolute atomic E-state index is 13.5. The van der Waals surface area contributed by atoms with Crippen LogP contribution in [0.25, 0.3) is 0 Å². The van der Waals surface area contributed by atoms with Gasteiger partial charge in [0, 0.05) is 31.2 Å². The number of hydrogen-bond acceptors (Lipinski definition) is 2. The first-order chi connectivity index (χ1) is 10.0. The molecule has 1 heterocycles. The predicted octanol–water partition coefficient (Wildman–Crippen LogP) is 3.88. The van der Waals surface area contributed by atoms with Gasteiger partial charge in [0.05, 0.1) is 0 Å². The Morgan fingerprint density at radius 2 is 2.00 bits per heavy atom. The van der Waals surface area contributed by atoms with Gasteiger partial charge in [0.1, 0.15) is 5.82 Å². The molecule has 118 valence electrons. The van der Waals surface area contributed by atoms with Crippen LogP contribution in [0.5, 0.6) is 0 Å². The molecule has 2 nitrogen and oxygen atoms in total. The zero-order valence-electron chi connectivity index (χ0n) is 13.9. The number of nitrogens with zero attached hydrogens (tertiary/aromatic N) is 1. The highest BCUT2D eigenvalue weighted by atomic mass is 19.1. The summed E-state index contributed by atoms with van der Waals surface area (Å²) in [7, 11) is 0. The van der Waals surface area contributed by atoms with Gasteiger partial charge in [-0.25, -0.2) is 4.39 Å². The zero-order valence-corrected chi connectivity index (χ0v) is 13.9. The molecule has 2 rings (SSSR count). The number of aryl methyl sites for hydroxylation is 1. The summed E-state index contributed by atoms with van der Waals surface area (Å²) in [5.41, 5.74) is 2.52. The Bertz CT molecular complexity index is 468. The van der Waals surface area contributed by atoms with Crippen LogP contribution in [-0.2, 0) is 6.54 Å². The Morgan fingerprint density at radius 1 is 1.29 bits per heavy atom. The third kappa shape index (κ3) is 3.64. The average molecular weight is 292 g/mol. The Kier molecular flexibility index (Phi) is 5.39. The molecule has 1 fully saturated rings. The zero-order chi connectivity index (χ0) is 15.5. The van der Waals surface area contributed by atoms with Crippen molar-refractivity contribution in [3.05, 3.63) is 35.1 Å². The van der Waals surface area contributed by atoms with Gasteiger partial charge < -0.3 is 5.32 Å². The fourth-order valence-corrected chi connectivity index (χ4v) is 3.38. The minimum atomic E-state index is -0.129. The van der Waals surface area contributed by atoms with Gasteiger partial charge >= 0.3 is 0 Å². The standard InChI is InChI=1S/C18H29FN2/c1-5-17-11-20-18(6-2,7-3)13-21(17)12-15-10-16(19)9-8-14(15)4/h8-10,17,20H,5-7,11-13H2,1-4H3. The van der Waals surface area contributed by atoms with E-state index >= 15 is 0 Å². The second-order valence-electron chi connectivity index (χ2n) is 6.41. The van der Waals surface area contributed by atoms with E-state index in [-0.39, 0.29) is 11.4 Å². The summed E-state index contributed by atoms with van der Waals surface area (Å²) >= 11 is 0. The van der Waals surface area contributed by atoms with Crippen molar-refractivity contribution >= 4 is 0 Å². The Labute approximate surface area is 128 Å². The molecule has 0 saturated carbocycles. The first-order valence-corrected chi connectivity index (χ1v) is 8.27. The van der Waals surface area contributed by atoms with Crippen LogP contribution >= 0.6 is 0 Å². The molecule has 1 aromatic rings. The molecule has 1 aromatic carbocycles. The third-order valence-electron chi connectivity index (χ3n) is 5.24. The first-order valence-electron chi connectivity index (χ1n) is 8.27. The highest BCUT2D eigenvalue weighted by molar-refractivity contribution is 5.26. The maximum Gasteiger partial charge on any atom is 0.123 e. The lowest BCUT2D eigenvalue weighted by Crippen LogP contribution is -2.63. The predicted molar refractivity (Wildman–Crippen MR) is 86.9 cm³/mol. The Balaban J connectivity index is 2.19. The summed E-state index contributed by atoms with van der Waals surface area (Å²) in [4.78, 5) is 2.55. The van der Waals surface area contributed by atoms with Crippen LogP contribution in [0.15, 0.2) is 18.2 Å². The smallest absolute Gasteiger partial charge is 0.123 e. The molecule has 0 amide bonds. The summed E-state index contributed by atoms with van der Waals surface area (Å²) in [6, 6.07) is 5.68. The van der Waals surface area contributed by atoms with E-state index < -0.39 is 0 Å². The molecule has 0 spiro atoms. The van der Waals surface area contributed by atoms with Gasteiger partial charge in [-0.1, -0.05) is 26.8 Å². The van der Waals surface area contributed by atoms with Gasteiger partial charge in [0.25, 0.3) is 0 Å². The van der Waals surface area contributed by atoms with E-state index in [1.54, 1.807) is 12.1 Å². The number of benzene rings is 1. The Hall–Kier alpha value is -0.930. The van der Waals surface area contributed by atoms with Gasteiger partial charge in [-0.2, -0.15) is 0 Å². The summed E-state index contributed by atoms with van der Waals surface area (Å²) < 4.78 is 13.5. The number of rotatable bonds is 5. The van der Waals surface area contributed by atoms with Crippen molar-refractivity contribution in [1.82, 2.24) is 10.2 Å². The van der Waals surface area contributed by atoms with Crippen molar-refractivity contribution in [2.24, 2.45) is 0 Å². The van der Waals surface area contributed by atoms with Crippen LogP contribution in [-0.4, -0.2) is 29.6 Å². The highest BCUT2D eigenvalue weighted by Crippen LogP contribution is 2.26. The van der Waals surface area contributed by atoms with Crippen molar-refractivity contribution in [3.8, 4) is 0 Å². The van der Waals surface area contributed by atoms with E-state index in [0.29, 0.717) is 6.04 Å². The van der Waals surface area contributed by atoms with E-state index in [4.69, 9.17) is 0 Å². The molecule has 3 heteroatoms. The van der Waals surface area contributed by atoms with Crippen molar-refractivity contribution in [3.63, 3.8) is 0 Å². The number of hydrogen-bond donors (Lipinski definition) is 1. The minimum absolute atomic E-state index is 0.129. The number of piperazine rings is 1. The van der Waals surface area contributed by atoms with E-state index in [0.717, 1.165) is 44.5 Å². The lowest BCUT2D eigenvalue weighted by molar-refractivity contribution is 0.0641. The summed E-state index contributed by atoms with van der Waals surface area (Å²) in [5.74, 6) is -0.129. The average Bonchev–Trinajstić information content (AvgIpc) is 2.51. The largest absolute Gasteiger partial charge is 0.308 e. The van der Waals surface area contributed by atoms with Crippen LogP contribution in [0.1, 0.15) is 51.2 Å². The molecule has 0 radical (unpaired) electrons. The topological polar surface area (TPSA) is 15.3 Å². The molecule has 1 aliphatic heterocycles. The van der Waals surface area contributed by atoms with Crippen molar-refractivity contribution in [2.45, 2.75) is 65.1 Å². The molecule has 0 bridgehead atoms. The fourth-order valence-electron chi connectivity index (χ4n) is 3.38. The van der Waals surface area contributed by atoms with Crippen LogP contribution in [0.4, 0.5) is 4.39 Å². The minimum Gasteiger partial charge on any atom is -0.308 e. The van der Waals surface area contributed by atoms with Gasteiger partial charge in [-0.3, -0.25) is 4.90 Å². The Morgan fingerprint density at radius 3 is 2.62 bits per heavy atom. The molecule has 1 atom stereocenters. The van der Waals surface area contributed by atoms with Gasteiger partial charge in [-0.15, -0.1) is 0 Å². The summed E-state index contributed by atoms with van der Waals surface area (Å²) in [6.45, 7) is 11.8. The SMILES string of the molecule is CCC1CNC(CC)(CC)CN1Cc1cc(F)ccc1C. The van der Waals surface area contributed by atoms with E-state index in [1.165, 1.54) is 5.56 Å². The fraction of sp³-hybridized carbons (Fsp3) is 0.667. The molecule has 1 aliphatic rings. The first kappa shape index (κ1) is 16.4.